The van der Waals surface area contributed by atoms with Gasteiger partial charge >= 0.3 is 12.0 Å². The van der Waals surface area contributed by atoms with E-state index < -0.39 is 42.5 Å². The molecule has 1 heterocycles. The quantitative estimate of drug-likeness (QED) is 0.562. The molecule has 2 aromatic rings. The highest BCUT2D eigenvalue weighted by Crippen LogP contribution is 2.28. The predicted molar refractivity (Wildman–Crippen MR) is 110 cm³/mol. The highest BCUT2D eigenvalue weighted by Gasteiger charge is 2.49. The molecule has 156 valence electrons. The van der Waals surface area contributed by atoms with E-state index >= 15 is 0 Å². The normalized spacial score (nSPS) is 18.2. The summed E-state index contributed by atoms with van der Waals surface area (Å²) in [5, 5.41) is 5.24. The van der Waals surface area contributed by atoms with E-state index in [9.17, 15) is 19.2 Å². The Bertz CT molecular complexity index is 1010. The van der Waals surface area contributed by atoms with Crippen molar-refractivity contribution in [3.63, 3.8) is 0 Å². The van der Waals surface area contributed by atoms with Crippen LogP contribution in [-0.4, -0.2) is 41.9 Å². The Morgan fingerprint density at radius 2 is 1.77 bits per heavy atom. The maximum atomic E-state index is 12.8. The summed E-state index contributed by atoms with van der Waals surface area (Å²) < 4.78 is 4.94. The smallest absolute Gasteiger partial charge is 0.326 e. The summed E-state index contributed by atoms with van der Waals surface area (Å²) in [7, 11) is 0. The fraction of sp³-hybridized carbons (Fsp3) is 0.273. The third kappa shape index (κ3) is 4.32. The molecule has 1 saturated heterocycles. The van der Waals surface area contributed by atoms with Crippen molar-refractivity contribution in [1.82, 2.24) is 10.2 Å². The van der Waals surface area contributed by atoms with Gasteiger partial charge in [-0.15, -0.1) is 0 Å². The molecular formula is C22H23N3O5. The van der Waals surface area contributed by atoms with Gasteiger partial charge in [-0.1, -0.05) is 36.4 Å². The Labute approximate surface area is 174 Å². The third-order valence-corrected chi connectivity index (χ3v) is 5.07. The fourth-order valence-electron chi connectivity index (χ4n) is 3.14. The summed E-state index contributed by atoms with van der Waals surface area (Å²) in [4.78, 5) is 49.9. The van der Waals surface area contributed by atoms with Crippen LogP contribution in [0.25, 0.3) is 0 Å². The van der Waals surface area contributed by atoms with Gasteiger partial charge in [0.05, 0.1) is 0 Å². The predicted octanol–water partition coefficient (Wildman–Crippen LogP) is 2.25. The lowest BCUT2D eigenvalue weighted by Gasteiger charge is -2.21. The summed E-state index contributed by atoms with van der Waals surface area (Å²) in [5.74, 6) is -1.93. The summed E-state index contributed by atoms with van der Waals surface area (Å²) in [6.07, 6.45) is 0. The zero-order valence-corrected chi connectivity index (χ0v) is 17.0. The Morgan fingerprint density at radius 3 is 2.43 bits per heavy atom. The zero-order valence-electron chi connectivity index (χ0n) is 17.0. The Kier molecular flexibility index (Phi) is 5.86. The molecule has 0 saturated carbocycles. The van der Waals surface area contributed by atoms with Gasteiger partial charge in [0.2, 0.25) is 0 Å². The molecule has 1 aliphatic rings. The van der Waals surface area contributed by atoms with Gasteiger partial charge in [-0.2, -0.15) is 0 Å². The molecule has 30 heavy (non-hydrogen) atoms. The lowest BCUT2D eigenvalue weighted by Crippen LogP contribution is -2.41. The molecule has 1 aliphatic heterocycles. The lowest BCUT2D eigenvalue weighted by atomic mass is 9.92. The summed E-state index contributed by atoms with van der Waals surface area (Å²) in [6.45, 7) is 4.36. The van der Waals surface area contributed by atoms with Crippen molar-refractivity contribution in [3.8, 4) is 0 Å². The number of hydrogen-bond donors (Lipinski definition) is 2. The number of urea groups is 1. The maximum Gasteiger partial charge on any atom is 0.326 e. The molecule has 2 N–H and O–H groups in total. The summed E-state index contributed by atoms with van der Waals surface area (Å²) >= 11 is 0. The van der Waals surface area contributed by atoms with Crippen LogP contribution >= 0.6 is 0 Å². The monoisotopic (exact) mass is 409 g/mol. The van der Waals surface area contributed by atoms with E-state index in [1.165, 1.54) is 0 Å². The standard InChI is InChI=1S/C22H23N3O5/c1-14-9-10-17(11-15(14)2)23-18(26)13-30-19(27)12-25-20(28)22(3,24-21(25)29)16-7-5-4-6-8-16/h4-11H,12-13H2,1-3H3,(H,23,26)(H,24,29)/t22-/m1/s1. The second-order valence-electron chi connectivity index (χ2n) is 7.32. The average molecular weight is 409 g/mol. The molecule has 0 spiro atoms. The SMILES string of the molecule is Cc1ccc(NC(=O)COC(=O)CN2C(=O)N[C@](C)(c3ccccc3)C2=O)cc1C. The number of carbonyl (C=O) groups is 4. The van der Waals surface area contributed by atoms with E-state index in [1.807, 2.05) is 26.0 Å². The third-order valence-electron chi connectivity index (χ3n) is 5.07. The van der Waals surface area contributed by atoms with E-state index in [0.29, 0.717) is 11.3 Å². The van der Waals surface area contributed by atoms with Crippen LogP contribution in [0, 0.1) is 13.8 Å². The zero-order chi connectivity index (χ0) is 21.9. The first kappa shape index (κ1) is 21.0. The molecule has 0 unspecified atom stereocenters. The number of anilines is 1. The minimum absolute atomic E-state index is 0.516. The van der Waals surface area contributed by atoms with E-state index in [4.69, 9.17) is 4.74 Å². The van der Waals surface area contributed by atoms with Crippen LogP contribution in [-0.2, 0) is 24.7 Å². The number of amides is 4. The van der Waals surface area contributed by atoms with Crippen molar-refractivity contribution in [2.24, 2.45) is 0 Å². The summed E-state index contributed by atoms with van der Waals surface area (Å²) in [6, 6.07) is 13.5. The fourth-order valence-corrected chi connectivity index (χ4v) is 3.14. The molecule has 0 aromatic heterocycles. The highest BCUT2D eigenvalue weighted by atomic mass is 16.5. The summed E-state index contributed by atoms with van der Waals surface area (Å²) in [5.41, 5.74) is 2.04. The van der Waals surface area contributed by atoms with Gasteiger partial charge in [-0.3, -0.25) is 19.3 Å². The van der Waals surface area contributed by atoms with Crippen molar-refractivity contribution >= 4 is 29.5 Å². The van der Waals surface area contributed by atoms with Crippen molar-refractivity contribution in [3.05, 3.63) is 65.2 Å². The topological polar surface area (TPSA) is 105 Å². The van der Waals surface area contributed by atoms with Crippen LogP contribution < -0.4 is 10.6 Å². The molecule has 0 radical (unpaired) electrons. The molecule has 2 aromatic carbocycles. The number of aryl methyl sites for hydroxylation is 2. The molecule has 1 atom stereocenters. The molecule has 4 amide bonds. The Balaban J connectivity index is 1.55. The Hall–Kier alpha value is -3.68. The molecule has 0 aliphatic carbocycles. The number of nitrogens with zero attached hydrogens (tertiary/aromatic N) is 1. The van der Waals surface area contributed by atoms with Crippen LogP contribution in [0.1, 0.15) is 23.6 Å². The average Bonchev–Trinajstić information content (AvgIpc) is 2.94. The van der Waals surface area contributed by atoms with Gasteiger partial charge in [0.1, 0.15) is 12.1 Å². The van der Waals surface area contributed by atoms with Gasteiger partial charge in [-0.05, 0) is 49.6 Å². The molecular weight excluding hydrogens is 386 g/mol. The first-order valence-corrected chi connectivity index (χ1v) is 9.43. The number of ether oxygens (including phenoxy) is 1. The van der Waals surface area contributed by atoms with E-state index in [0.717, 1.165) is 16.0 Å². The van der Waals surface area contributed by atoms with Crippen LogP contribution in [0.2, 0.25) is 0 Å². The number of rotatable bonds is 6. The molecule has 1 fully saturated rings. The van der Waals surface area contributed by atoms with E-state index in [1.54, 1.807) is 43.3 Å². The first-order chi connectivity index (χ1) is 14.2. The largest absolute Gasteiger partial charge is 0.454 e. The van der Waals surface area contributed by atoms with Crippen LogP contribution in [0.15, 0.2) is 48.5 Å². The second-order valence-corrected chi connectivity index (χ2v) is 7.32. The van der Waals surface area contributed by atoms with Gasteiger partial charge in [-0.25, -0.2) is 4.79 Å². The molecule has 8 heteroatoms. The minimum atomic E-state index is -1.26. The molecule has 8 nitrogen and oxygen atoms in total. The van der Waals surface area contributed by atoms with E-state index in [-0.39, 0.29) is 0 Å². The number of nitrogens with one attached hydrogen (secondary N) is 2. The highest BCUT2D eigenvalue weighted by molar-refractivity contribution is 6.09. The first-order valence-electron chi connectivity index (χ1n) is 9.43. The van der Waals surface area contributed by atoms with E-state index in [2.05, 4.69) is 10.6 Å². The van der Waals surface area contributed by atoms with Gasteiger partial charge in [0.25, 0.3) is 11.8 Å². The van der Waals surface area contributed by atoms with Crippen LogP contribution in [0.3, 0.4) is 0 Å². The van der Waals surface area contributed by atoms with Crippen molar-refractivity contribution in [2.45, 2.75) is 26.3 Å². The van der Waals surface area contributed by atoms with Gasteiger partial charge in [0, 0.05) is 5.69 Å². The van der Waals surface area contributed by atoms with Gasteiger partial charge in [0.15, 0.2) is 6.61 Å². The lowest BCUT2D eigenvalue weighted by molar-refractivity contribution is -0.150. The molecule has 0 bridgehead atoms. The van der Waals surface area contributed by atoms with Crippen molar-refractivity contribution < 1.29 is 23.9 Å². The van der Waals surface area contributed by atoms with Crippen LogP contribution in [0.4, 0.5) is 10.5 Å². The number of benzene rings is 2. The molecule has 3 rings (SSSR count). The van der Waals surface area contributed by atoms with Crippen molar-refractivity contribution in [1.29, 1.82) is 0 Å². The number of esters is 1. The number of imide groups is 1. The Morgan fingerprint density at radius 1 is 1.07 bits per heavy atom. The van der Waals surface area contributed by atoms with Crippen LogP contribution in [0.5, 0.6) is 0 Å². The maximum absolute atomic E-state index is 12.8. The van der Waals surface area contributed by atoms with Crippen molar-refractivity contribution in [2.75, 3.05) is 18.5 Å². The van der Waals surface area contributed by atoms with Gasteiger partial charge < -0.3 is 15.4 Å². The minimum Gasteiger partial charge on any atom is -0.454 e. The number of carbonyl (C=O) groups excluding carboxylic acids is 4. The second kappa shape index (κ2) is 8.36. The number of hydrogen-bond acceptors (Lipinski definition) is 5.